The molecule has 3 rings (SSSR count). The van der Waals surface area contributed by atoms with Crippen molar-refractivity contribution in [1.29, 1.82) is 0 Å². The minimum atomic E-state index is 0.250. The van der Waals surface area contributed by atoms with Crippen LogP contribution < -0.4 is 5.73 Å². The highest BCUT2D eigenvalue weighted by molar-refractivity contribution is 6.06. The molecule has 0 aliphatic heterocycles. The molecule has 4 heteroatoms. The number of phenols is 1. The number of H-pyrrole nitrogens is 1. The van der Waals surface area contributed by atoms with Gasteiger partial charge < -0.3 is 15.8 Å². The smallest absolute Gasteiger partial charge is 0.140 e. The van der Waals surface area contributed by atoms with Crippen LogP contribution in [0.4, 0.5) is 5.82 Å². The van der Waals surface area contributed by atoms with Gasteiger partial charge in [-0.2, -0.15) is 0 Å². The van der Waals surface area contributed by atoms with Crippen LogP contribution in [0, 0.1) is 0 Å². The Morgan fingerprint density at radius 3 is 2.87 bits per heavy atom. The van der Waals surface area contributed by atoms with E-state index >= 15 is 0 Å². The lowest BCUT2D eigenvalue weighted by molar-refractivity contribution is 0.476. The van der Waals surface area contributed by atoms with E-state index < -0.39 is 0 Å². The van der Waals surface area contributed by atoms with Crippen molar-refractivity contribution in [3.8, 4) is 5.75 Å². The molecule has 0 aliphatic carbocycles. The van der Waals surface area contributed by atoms with Crippen molar-refractivity contribution in [3.63, 3.8) is 0 Å². The molecule has 2 heterocycles. The van der Waals surface area contributed by atoms with E-state index in [1.54, 1.807) is 18.2 Å². The van der Waals surface area contributed by atoms with Gasteiger partial charge in [-0.05, 0) is 30.3 Å². The summed E-state index contributed by atoms with van der Waals surface area (Å²) in [6.45, 7) is 0. The molecule has 0 saturated carbocycles. The van der Waals surface area contributed by atoms with E-state index in [9.17, 15) is 5.11 Å². The first-order valence-corrected chi connectivity index (χ1v) is 4.61. The number of nitrogens with one attached hydrogen (secondary N) is 1. The number of aromatic hydroxyl groups is 1. The van der Waals surface area contributed by atoms with E-state index in [1.165, 1.54) is 0 Å². The number of anilines is 1. The van der Waals surface area contributed by atoms with E-state index in [0.717, 1.165) is 21.9 Å². The molecule has 0 radical (unpaired) electrons. The molecule has 15 heavy (non-hydrogen) atoms. The fraction of sp³-hybridized carbons (Fsp3) is 0. The average Bonchev–Trinajstić information content (AvgIpc) is 2.54. The molecule has 0 bridgehead atoms. The molecule has 3 aromatic rings. The van der Waals surface area contributed by atoms with Gasteiger partial charge in [0.1, 0.15) is 17.2 Å². The number of phenolic OH excluding ortho intramolecular Hbond substituents is 1. The summed E-state index contributed by atoms with van der Waals surface area (Å²) < 4.78 is 0. The van der Waals surface area contributed by atoms with Crippen molar-refractivity contribution < 1.29 is 5.11 Å². The third kappa shape index (κ3) is 1.11. The van der Waals surface area contributed by atoms with Crippen molar-refractivity contribution in [2.24, 2.45) is 0 Å². The van der Waals surface area contributed by atoms with Gasteiger partial charge >= 0.3 is 0 Å². The van der Waals surface area contributed by atoms with Crippen molar-refractivity contribution in [3.05, 3.63) is 30.3 Å². The third-order valence-corrected chi connectivity index (χ3v) is 2.46. The molecule has 0 aliphatic rings. The van der Waals surface area contributed by atoms with Crippen LogP contribution in [0.3, 0.4) is 0 Å². The zero-order chi connectivity index (χ0) is 10.4. The molecule has 2 aromatic heterocycles. The second-order valence-corrected chi connectivity index (χ2v) is 3.49. The maximum atomic E-state index is 9.40. The van der Waals surface area contributed by atoms with Gasteiger partial charge in [-0.3, -0.25) is 0 Å². The molecule has 4 N–H and O–H groups in total. The van der Waals surface area contributed by atoms with Gasteiger partial charge in [0, 0.05) is 16.3 Å². The first kappa shape index (κ1) is 8.11. The molecule has 0 atom stereocenters. The Bertz CT molecular complexity index is 657. The fourth-order valence-electron chi connectivity index (χ4n) is 1.78. The second-order valence-electron chi connectivity index (χ2n) is 3.49. The van der Waals surface area contributed by atoms with Gasteiger partial charge in [-0.1, -0.05) is 0 Å². The Balaban J connectivity index is 2.53. The number of benzene rings is 1. The number of nitrogen functional groups attached to an aromatic ring is 1. The predicted molar refractivity (Wildman–Crippen MR) is 59.7 cm³/mol. The van der Waals surface area contributed by atoms with Gasteiger partial charge in [-0.15, -0.1) is 0 Å². The maximum Gasteiger partial charge on any atom is 0.140 e. The van der Waals surface area contributed by atoms with Crippen LogP contribution in [-0.2, 0) is 0 Å². The van der Waals surface area contributed by atoms with Gasteiger partial charge in [0.25, 0.3) is 0 Å². The minimum absolute atomic E-state index is 0.250. The summed E-state index contributed by atoms with van der Waals surface area (Å²) in [6, 6.07) is 8.82. The predicted octanol–water partition coefficient (Wildman–Crippen LogP) is 2.00. The highest BCUT2D eigenvalue weighted by atomic mass is 16.3. The van der Waals surface area contributed by atoms with Crippen LogP contribution in [0.25, 0.3) is 21.9 Å². The van der Waals surface area contributed by atoms with Crippen molar-refractivity contribution in [2.45, 2.75) is 0 Å². The van der Waals surface area contributed by atoms with Crippen molar-refractivity contribution in [1.82, 2.24) is 9.97 Å². The van der Waals surface area contributed by atoms with E-state index in [4.69, 9.17) is 5.73 Å². The number of hydrogen-bond donors (Lipinski definition) is 3. The molecule has 0 fully saturated rings. The largest absolute Gasteiger partial charge is 0.508 e. The monoisotopic (exact) mass is 199 g/mol. The standard InChI is InChI=1S/C11H9N3O/c12-10-4-2-7-8-5-6(15)1-3-9(8)13-11(7)14-10/h1-5,15H,(H3,12,13,14). The SMILES string of the molecule is Nc1ccc2c(n1)[nH]c1ccc(O)cc12. The molecule has 0 unspecified atom stereocenters. The second kappa shape index (κ2) is 2.63. The Labute approximate surface area is 85.4 Å². The zero-order valence-electron chi connectivity index (χ0n) is 7.86. The number of fused-ring (bicyclic) bond motifs is 3. The van der Waals surface area contributed by atoms with Gasteiger partial charge in [-0.25, -0.2) is 4.98 Å². The van der Waals surface area contributed by atoms with Crippen LogP contribution in [0.2, 0.25) is 0 Å². The quantitative estimate of drug-likeness (QED) is 0.518. The lowest BCUT2D eigenvalue weighted by atomic mass is 10.2. The first-order valence-electron chi connectivity index (χ1n) is 4.61. The number of nitrogens with zero attached hydrogens (tertiary/aromatic N) is 1. The Hall–Kier alpha value is -2.23. The molecular formula is C11H9N3O. The maximum absolute atomic E-state index is 9.40. The van der Waals surface area contributed by atoms with E-state index in [2.05, 4.69) is 9.97 Å². The van der Waals surface area contributed by atoms with Gasteiger partial charge in [0.15, 0.2) is 0 Å². The molecule has 0 amide bonds. The van der Waals surface area contributed by atoms with E-state index in [-0.39, 0.29) is 5.75 Å². The molecule has 4 nitrogen and oxygen atoms in total. The molecular weight excluding hydrogens is 190 g/mol. The van der Waals surface area contributed by atoms with E-state index in [1.807, 2.05) is 12.1 Å². The molecule has 0 spiro atoms. The topological polar surface area (TPSA) is 74.9 Å². The number of hydrogen-bond acceptors (Lipinski definition) is 3. The summed E-state index contributed by atoms with van der Waals surface area (Å²) in [7, 11) is 0. The van der Waals surface area contributed by atoms with Crippen molar-refractivity contribution in [2.75, 3.05) is 5.73 Å². The molecule has 0 saturated heterocycles. The summed E-state index contributed by atoms with van der Waals surface area (Å²) in [6.07, 6.45) is 0. The first-order chi connectivity index (χ1) is 7.24. The highest BCUT2D eigenvalue weighted by Gasteiger charge is 2.05. The summed E-state index contributed by atoms with van der Waals surface area (Å²) in [4.78, 5) is 7.33. The number of pyridine rings is 1. The third-order valence-electron chi connectivity index (χ3n) is 2.46. The summed E-state index contributed by atoms with van der Waals surface area (Å²) in [5.41, 5.74) is 7.29. The highest BCUT2D eigenvalue weighted by Crippen LogP contribution is 2.27. The fourth-order valence-corrected chi connectivity index (χ4v) is 1.78. The lowest BCUT2D eigenvalue weighted by Crippen LogP contribution is -1.88. The normalized spacial score (nSPS) is 11.2. The number of rotatable bonds is 0. The zero-order valence-corrected chi connectivity index (χ0v) is 7.86. The van der Waals surface area contributed by atoms with Gasteiger partial charge in [0.2, 0.25) is 0 Å². The van der Waals surface area contributed by atoms with Crippen LogP contribution in [0.5, 0.6) is 5.75 Å². The number of aromatic amines is 1. The lowest BCUT2D eigenvalue weighted by Gasteiger charge is -1.93. The number of aromatic nitrogens is 2. The van der Waals surface area contributed by atoms with Crippen molar-refractivity contribution >= 4 is 27.8 Å². The Kier molecular flexibility index (Phi) is 1.42. The molecule has 74 valence electrons. The summed E-state index contributed by atoms with van der Waals surface area (Å²) >= 11 is 0. The van der Waals surface area contributed by atoms with E-state index in [0.29, 0.717) is 5.82 Å². The van der Waals surface area contributed by atoms with Crippen LogP contribution >= 0.6 is 0 Å². The van der Waals surface area contributed by atoms with Crippen LogP contribution in [-0.4, -0.2) is 15.1 Å². The summed E-state index contributed by atoms with van der Waals surface area (Å²) in [5.74, 6) is 0.735. The molecule has 1 aromatic carbocycles. The summed E-state index contributed by atoms with van der Waals surface area (Å²) in [5, 5.41) is 11.3. The average molecular weight is 199 g/mol. The van der Waals surface area contributed by atoms with Crippen LogP contribution in [0.15, 0.2) is 30.3 Å². The minimum Gasteiger partial charge on any atom is -0.508 e. The van der Waals surface area contributed by atoms with Crippen LogP contribution in [0.1, 0.15) is 0 Å². The van der Waals surface area contributed by atoms with Gasteiger partial charge in [0.05, 0.1) is 0 Å². The number of nitrogens with two attached hydrogens (primary N) is 1. The Morgan fingerprint density at radius 1 is 1.13 bits per heavy atom. The Morgan fingerprint density at radius 2 is 2.00 bits per heavy atom.